The van der Waals surface area contributed by atoms with Crippen LogP contribution in [-0.2, 0) is 6.61 Å². The van der Waals surface area contributed by atoms with E-state index in [4.69, 9.17) is 4.74 Å². The number of benzene rings is 4. The van der Waals surface area contributed by atoms with Crippen LogP contribution in [0.3, 0.4) is 0 Å². The monoisotopic (exact) mass is 488 g/mol. The molecule has 4 aromatic carbocycles. The minimum Gasteiger partial charge on any atom is -0.489 e. The topological polar surface area (TPSA) is 33.6 Å². The molecule has 0 saturated carbocycles. The van der Waals surface area contributed by atoms with Crippen LogP contribution in [0, 0.1) is 18.7 Å². The van der Waals surface area contributed by atoms with E-state index >= 15 is 0 Å². The van der Waals surface area contributed by atoms with Gasteiger partial charge in [0.25, 0.3) is 0 Å². The Kier molecular flexibility index (Phi) is 6.32. The van der Waals surface area contributed by atoms with Crippen LogP contribution in [-0.4, -0.2) is 6.21 Å². The molecule has 0 fully saturated rings. The summed E-state index contributed by atoms with van der Waals surface area (Å²) in [6, 6.07) is 29.9. The molecule has 1 heterocycles. The van der Waals surface area contributed by atoms with E-state index in [9.17, 15) is 4.39 Å². The quantitative estimate of drug-likeness (QED) is 0.219. The summed E-state index contributed by atoms with van der Waals surface area (Å²) in [5.74, 6) is 1.44. The minimum absolute atomic E-state index is 0.200. The summed E-state index contributed by atoms with van der Waals surface area (Å²) in [7, 11) is 0. The number of aliphatic imine (C=N–C) groups is 1. The molecule has 0 unspecified atom stereocenters. The average Bonchev–Trinajstić information content (AvgIpc) is 3.43. The second-order valence-electron chi connectivity index (χ2n) is 9.87. The molecule has 4 heteroatoms. The molecule has 0 radical (unpaired) electrons. The standard InChI is InChI=1S/C33H29FN2O/c1-22-9-18-32-30(19-22)28-6-4-7-29(28)33(36-32)24-12-14-26(15-13-24)35-20-23-10-16-27(17-11-23)37-21-25-5-2-3-8-31(25)34/h2-6,8-20,28-29,33,36H,7,21H2,1H3/t28-,29-,33-/m1/s1. The van der Waals surface area contributed by atoms with Gasteiger partial charge in [-0.3, -0.25) is 4.99 Å². The molecule has 2 aliphatic rings. The number of allylic oxidation sites excluding steroid dienone is 2. The van der Waals surface area contributed by atoms with Crippen molar-refractivity contribution in [2.45, 2.75) is 31.9 Å². The second-order valence-corrected chi connectivity index (χ2v) is 9.87. The van der Waals surface area contributed by atoms with Crippen LogP contribution in [0.1, 0.15) is 46.2 Å². The van der Waals surface area contributed by atoms with Crippen LogP contribution >= 0.6 is 0 Å². The molecular weight excluding hydrogens is 459 g/mol. The van der Waals surface area contributed by atoms with Gasteiger partial charge in [-0.1, -0.05) is 60.2 Å². The van der Waals surface area contributed by atoms with Crippen molar-refractivity contribution in [3.8, 4) is 5.75 Å². The number of nitrogens with zero attached hydrogens (tertiary/aromatic N) is 1. The Morgan fingerprint density at radius 3 is 2.59 bits per heavy atom. The van der Waals surface area contributed by atoms with Gasteiger partial charge in [-0.05, 0) is 84.5 Å². The first-order valence-electron chi connectivity index (χ1n) is 12.8. The summed E-state index contributed by atoms with van der Waals surface area (Å²) in [5, 5.41) is 3.81. The molecule has 1 aliphatic carbocycles. The fourth-order valence-electron chi connectivity index (χ4n) is 5.39. The molecule has 4 aromatic rings. The molecule has 0 spiro atoms. The molecule has 0 saturated heterocycles. The van der Waals surface area contributed by atoms with Crippen LogP contribution in [0.4, 0.5) is 15.8 Å². The van der Waals surface area contributed by atoms with Crippen molar-refractivity contribution >= 4 is 17.6 Å². The summed E-state index contributed by atoms with van der Waals surface area (Å²) in [6.45, 7) is 2.36. The zero-order chi connectivity index (χ0) is 25.2. The van der Waals surface area contributed by atoms with E-state index in [1.165, 1.54) is 28.4 Å². The maximum absolute atomic E-state index is 13.8. The summed E-state index contributed by atoms with van der Waals surface area (Å²) in [4.78, 5) is 4.66. The number of hydrogen-bond acceptors (Lipinski definition) is 3. The third kappa shape index (κ3) is 4.92. The minimum atomic E-state index is -0.254. The zero-order valence-corrected chi connectivity index (χ0v) is 20.8. The lowest BCUT2D eigenvalue weighted by molar-refractivity contribution is 0.300. The van der Waals surface area contributed by atoms with E-state index in [-0.39, 0.29) is 18.5 Å². The summed E-state index contributed by atoms with van der Waals surface area (Å²) in [6.07, 6.45) is 7.65. The molecule has 184 valence electrons. The molecule has 0 aromatic heterocycles. The lowest BCUT2D eigenvalue weighted by Gasteiger charge is -2.37. The third-order valence-electron chi connectivity index (χ3n) is 7.37. The Labute approximate surface area is 217 Å². The van der Waals surface area contributed by atoms with Crippen molar-refractivity contribution in [2.24, 2.45) is 10.9 Å². The van der Waals surface area contributed by atoms with E-state index in [1.807, 2.05) is 36.5 Å². The third-order valence-corrected chi connectivity index (χ3v) is 7.37. The van der Waals surface area contributed by atoms with Crippen LogP contribution in [0.15, 0.2) is 108 Å². The Morgan fingerprint density at radius 1 is 0.973 bits per heavy atom. The fraction of sp³-hybridized carbons (Fsp3) is 0.182. The fourth-order valence-corrected chi connectivity index (χ4v) is 5.39. The van der Waals surface area contributed by atoms with Gasteiger partial charge in [0.1, 0.15) is 18.2 Å². The molecule has 37 heavy (non-hydrogen) atoms. The highest BCUT2D eigenvalue weighted by molar-refractivity contribution is 5.82. The van der Waals surface area contributed by atoms with Gasteiger partial charge in [0, 0.05) is 23.4 Å². The lowest BCUT2D eigenvalue weighted by Crippen LogP contribution is -2.29. The first kappa shape index (κ1) is 23.2. The number of halogens is 1. The van der Waals surface area contributed by atoms with Crippen LogP contribution < -0.4 is 10.1 Å². The zero-order valence-electron chi connectivity index (χ0n) is 20.8. The van der Waals surface area contributed by atoms with E-state index in [0.29, 0.717) is 23.1 Å². The second kappa shape index (κ2) is 10.1. The van der Waals surface area contributed by atoms with Crippen molar-refractivity contribution in [3.05, 3.63) is 137 Å². The predicted octanol–water partition coefficient (Wildman–Crippen LogP) is 8.29. The lowest BCUT2D eigenvalue weighted by atomic mass is 9.76. The summed E-state index contributed by atoms with van der Waals surface area (Å²) >= 11 is 0. The Hall–Kier alpha value is -4.18. The van der Waals surface area contributed by atoms with Crippen molar-refractivity contribution in [1.29, 1.82) is 0 Å². The van der Waals surface area contributed by atoms with Gasteiger partial charge in [0.05, 0.1) is 11.7 Å². The van der Waals surface area contributed by atoms with Gasteiger partial charge in [0.15, 0.2) is 0 Å². The summed E-state index contributed by atoms with van der Waals surface area (Å²) in [5.41, 5.74) is 7.69. The predicted molar refractivity (Wildman–Crippen MR) is 148 cm³/mol. The smallest absolute Gasteiger partial charge is 0.129 e. The Morgan fingerprint density at radius 2 is 1.78 bits per heavy atom. The largest absolute Gasteiger partial charge is 0.489 e. The van der Waals surface area contributed by atoms with Gasteiger partial charge in [-0.15, -0.1) is 0 Å². The van der Waals surface area contributed by atoms with E-state index in [2.05, 4.69) is 71.8 Å². The Bertz CT molecular complexity index is 1460. The number of fused-ring (bicyclic) bond motifs is 3. The number of anilines is 1. The van der Waals surface area contributed by atoms with Crippen LogP contribution in [0.2, 0.25) is 0 Å². The summed E-state index contributed by atoms with van der Waals surface area (Å²) < 4.78 is 19.5. The normalized spacial score (nSPS) is 19.9. The van der Waals surface area contributed by atoms with Gasteiger partial charge in [0.2, 0.25) is 0 Å². The Balaban J connectivity index is 1.11. The highest BCUT2D eigenvalue weighted by Crippen LogP contribution is 2.50. The molecule has 3 nitrogen and oxygen atoms in total. The van der Waals surface area contributed by atoms with Crippen molar-refractivity contribution in [2.75, 3.05) is 5.32 Å². The number of nitrogens with one attached hydrogen (secondary N) is 1. The number of hydrogen-bond donors (Lipinski definition) is 1. The van der Waals surface area contributed by atoms with Crippen molar-refractivity contribution in [3.63, 3.8) is 0 Å². The molecular formula is C33H29FN2O. The molecule has 0 bridgehead atoms. The molecule has 1 N–H and O–H groups in total. The van der Waals surface area contributed by atoms with Gasteiger partial charge in [-0.2, -0.15) is 0 Å². The van der Waals surface area contributed by atoms with Gasteiger partial charge >= 0.3 is 0 Å². The maximum Gasteiger partial charge on any atom is 0.129 e. The van der Waals surface area contributed by atoms with Crippen LogP contribution in [0.5, 0.6) is 5.75 Å². The van der Waals surface area contributed by atoms with Crippen molar-refractivity contribution in [1.82, 2.24) is 0 Å². The van der Waals surface area contributed by atoms with E-state index < -0.39 is 0 Å². The molecule has 1 aliphatic heterocycles. The van der Waals surface area contributed by atoms with Gasteiger partial charge < -0.3 is 10.1 Å². The highest BCUT2D eigenvalue weighted by Gasteiger charge is 2.37. The van der Waals surface area contributed by atoms with E-state index in [1.54, 1.807) is 12.1 Å². The number of aryl methyl sites for hydroxylation is 1. The first-order valence-corrected chi connectivity index (χ1v) is 12.8. The van der Waals surface area contributed by atoms with Gasteiger partial charge in [-0.25, -0.2) is 4.39 Å². The van der Waals surface area contributed by atoms with Crippen LogP contribution in [0.25, 0.3) is 0 Å². The number of ether oxygens (including phenoxy) is 1. The highest BCUT2D eigenvalue weighted by atomic mass is 19.1. The maximum atomic E-state index is 13.8. The van der Waals surface area contributed by atoms with E-state index in [0.717, 1.165) is 17.7 Å². The van der Waals surface area contributed by atoms with Crippen molar-refractivity contribution < 1.29 is 9.13 Å². The number of rotatable bonds is 6. The average molecular weight is 489 g/mol. The SMILES string of the molecule is Cc1ccc2c(c1)[C@@H]1C=CC[C@H]1[C@@H](c1ccc(N=Cc3ccc(OCc4ccccc4F)cc3)cc1)N2. The molecule has 6 rings (SSSR count). The molecule has 3 atom stereocenters. The molecule has 0 amide bonds. The first-order chi connectivity index (χ1) is 18.1.